The number of amides is 2. The molecule has 2 amide bonds. The molecule has 4 nitrogen and oxygen atoms in total. The van der Waals surface area contributed by atoms with Crippen LogP contribution in [0.2, 0.25) is 5.02 Å². The van der Waals surface area contributed by atoms with Crippen molar-refractivity contribution in [2.75, 3.05) is 13.1 Å². The van der Waals surface area contributed by atoms with E-state index in [1.165, 1.54) is 12.1 Å². The Labute approximate surface area is 192 Å². The molecule has 0 saturated carbocycles. The van der Waals surface area contributed by atoms with Gasteiger partial charge in [-0.2, -0.15) is 0 Å². The average molecular weight is 451 g/mol. The van der Waals surface area contributed by atoms with Crippen molar-refractivity contribution in [1.82, 2.24) is 10.2 Å². The van der Waals surface area contributed by atoms with Gasteiger partial charge in [0.05, 0.1) is 5.92 Å². The number of halogens is 2. The molecule has 0 bridgehead atoms. The maximum atomic E-state index is 13.2. The van der Waals surface area contributed by atoms with E-state index in [2.05, 4.69) is 5.32 Å². The van der Waals surface area contributed by atoms with Crippen LogP contribution in [-0.2, 0) is 11.3 Å². The van der Waals surface area contributed by atoms with Crippen molar-refractivity contribution in [3.05, 3.63) is 106 Å². The van der Waals surface area contributed by atoms with Crippen molar-refractivity contribution >= 4 is 23.4 Å². The molecule has 0 radical (unpaired) electrons. The molecule has 2 unspecified atom stereocenters. The van der Waals surface area contributed by atoms with E-state index < -0.39 is 0 Å². The normalized spacial score (nSPS) is 17.9. The lowest BCUT2D eigenvalue weighted by Gasteiger charge is -2.18. The van der Waals surface area contributed by atoms with E-state index in [4.69, 9.17) is 11.6 Å². The van der Waals surface area contributed by atoms with Gasteiger partial charge in [0, 0.05) is 36.1 Å². The molecule has 1 aliphatic heterocycles. The molecular formula is C26H24ClFN2O2. The van der Waals surface area contributed by atoms with Crippen LogP contribution in [0.1, 0.15) is 33.0 Å². The summed E-state index contributed by atoms with van der Waals surface area (Å²) < 4.78 is 13.1. The molecule has 2 atom stereocenters. The monoisotopic (exact) mass is 450 g/mol. The standard InChI is InChI=1S/C26H24ClFN2O2/c1-17-5-9-19(10-6-17)23-15-30(26(32)20-3-2-4-21(27)13-20)16-24(23)25(31)29-14-18-7-11-22(28)12-8-18/h2-13,23-24H,14-16H2,1H3,(H,29,31). The molecule has 1 aliphatic rings. The summed E-state index contributed by atoms with van der Waals surface area (Å²) in [4.78, 5) is 28.0. The van der Waals surface area contributed by atoms with Gasteiger partial charge in [0.25, 0.3) is 5.91 Å². The number of nitrogens with zero attached hydrogens (tertiary/aromatic N) is 1. The first-order chi connectivity index (χ1) is 15.4. The summed E-state index contributed by atoms with van der Waals surface area (Å²) in [6.07, 6.45) is 0. The second-order valence-corrected chi connectivity index (χ2v) is 8.62. The average Bonchev–Trinajstić information content (AvgIpc) is 3.24. The van der Waals surface area contributed by atoms with Crippen LogP contribution in [-0.4, -0.2) is 29.8 Å². The van der Waals surface area contributed by atoms with Crippen molar-refractivity contribution in [3.8, 4) is 0 Å². The highest BCUT2D eigenvalue weighted by Gasteiger charge is 2.40. The molecular weight excluding hydrogens is 427 g/mol. The molecule has 0 spiro atoms. The molecule has 1 saturated heterocycles. The van der Waals surface area contributed by atoms with Crippen LogP contribution < -0.4 is 5.32 Å². The van der Waals surface area contributed by atoms with Gasteiger partial charge in [-0.25, -0.2) is 4.39 Å². The first-order valence-electron chi connectivity index (χ1n) is 10.5. The van der Waals surface area contributed by atoms with Crippen molar-refractivity contribution < 1.29 is 14.0 Å². The third-order valence-corrected chi connectivity index (χ3v) is 6.14. The minimum absolute atomic E-state index is 0.119. The first kappa shape index (κ1) is 22.0. The third kappa shape index (κ3) is 5.00. The SMILES string of the molecule is Cc1ccc(C2CN(C(=O)c3cccc(Cl)c3)CC2C(=O)NCc2ccc(F)cc2)cc1. The quantitative estimate of drug-likeness (QED) is 0.597. The lowest BCUT2D eigenvalue weighted by molar-refractivity contribution is -0.125. The van der Waals surface area contributed by atoms with Crippen LogP contribution in [0.25, 0.3) is 0 Å². The number of likely N-dealkylation sites (tertiary alicyclic amines) is 1. The van der Waals surface area contributed by atoms with E-state index in [-0.39, 0.29) is 29.5 Å². The number of carbonyl (C=O) groups excluding carboxylic acids is 2. The van der Waals surface area contributed by atoms with E-state index in [0.29, 0.717) is 30.2 Å². The zero-order chi connectivity index (χ0) is 22.7. The Kier molecular flexibility index (Phi) is 6.56. The number of rotatable bonds is 5. The predicted molar refractivity (Wildman–Crippen MR) is 123 cm³/mol. The molecule has 32 heavy (non-hydrogen) atoms. The predicted octanol–water partition coefficient (Wildman–Crippen LogP) is 4.96. The third-order valence-electron chi connectivity index (χ3n) is 5.90. The second kappa shape index (κ2) is 9.53. The second-order valence-electron chi connectivity index (χ2n) is 8.19. The molecule has 4 rings (SSSR count). The van der Waals surface area contributed by atoms with E-state index >= 15 is 0 Å². The van der Waals surface area contributed by atoms with Gasteiger partial charge in [-0.1, -0.05) is 59.6 Å². The maximum absolute atomic E-state index is 13.2. The zero-order valence-electron chi connectivity index (χ0n) is 17.7. The van der Waals surface area contributed by atoms with Crippen LogP contribution in [0.3, 0.4) is 0 Å². The lowest BCUT2D eigenvalue weighted by Crippen LogP contribution is -2.35. The Morgan fingerprint density at radius 1 is 1.03 bits per heavy atom. The van der Waals surface area contributed by atoms with Crippen LogP contribution >= 0.6 is 11.6 Å². The fraction of sp³-hybridized carbons (Fsp3) is 0.231. The lowest BCUT2D eigenvalue weighted by atomic mass is 9.88. The summed E-state index contributed by atoms with van der Waals surface area (Å²) >= 11 is 6.06. The summed E-state index contributed by atoms with van der Waals surface area (Å²) in [7, 11) is 0. The molecule has 6 heteroatoms. The Hall–Kier alpha value is -3.18. The summed E-state index contributed by atoms with van der Waals surface area (Å²) in [6, 6.07) is 21.0. The molecule has 164 valence electrons. The molecule has 1 heterocycles. The Bertz CT molecular complexity index is 1120. The summed E-state index contributed by atoms with van der Waals surface area (Å²) in [5.74, 6) is -1.08. The van der Waals surface area contributed by atoms with Crippen molar-refractivity contribution in [3.63, 3.8) is 0 Å². The van der Waals surface area contributed by atoms with Crippen molar-refractivity contribution in [2.24, 2.45) is 5.92 Å². The van der Waals surface area contributed by atoms with E-state index in [1.54, 1.807) is 41.3 Å². The number of nitrogens with one attached hydrogen (secondary N) is 1. The summed E-state index contributed by atoms with van der Waals surface area (Å²) in [6.45, 7) is 3.08. The van der Waals surface area contributed by atoms with Crippen molar-refractivity contribution in [1.29, 1.82) is 0 Å². The summed E-state index contributed by atoms with van der Waals surface area (Å²) in [5, 5.41) is 3.46. The number of hydrogen-bond donors (Lipinski definition) is 1. The fourth-order valence-electron chi connectivity index (χ4n) is 4.11. The molecule has 1 N–H and O–H groups in total. The zero-order valence-corrected chi connectivity index (χ0v) is 18.5. The van der Waals surface area contributed by atoms with E-state index in [9.17, 15) is 14.0 Å². The van der Waals surface area contributed by atoms with Crippen LogP contribution in [0.5, 0.6) is 0 Å². The van der Waals surface area contributed by atoms with Crippen LogP contribution in [0, 0.1) is 18.7 Å². The first-order valence-corrected chi connectivity index (χ1v) is 10.9. The Balaban J connectivity index is 1.54. The van der Waals surface area contributed by atoms with Gasteiger partial charge in [-0.3, -0.25) is 9.59 Å². The van der Waals surface area contributed by atoms with E-state index in [1.807, 2.05) is 31.2 Å². The van der Waals surface area contributed by atoms with E-state index in [0.717, 1.165) is 16.7 Å². The number of hydrogen-bond acceptors (Lipinski definition) is 2. The highest BCUT2D eigenvalue weighted by molar-refractivity contribution is 6.30. The minimum Gasteiger partial charge on any atom is -0.352 e. The van der Waals surface area contributed by atoms with Gasteiger partial charge in [-0.15, -0.1) is 0 Å². The fourth-order valence-corrected chi connectivity index (χ4v) is 4.30. The van der Waals surface area contributed by atoms with Gasteiger partial charge in [0.1, 0.15) is 5.82 Å². The molecule has 0 aliphatic carbocycles. The smallest absolute Gasteiger partial charge is 0.253 e. The van der Waals surface area contributed by atoms with Crippen LogP contribution in [0.15, 0.2) is 72.8 Å². The molecule has 1 fully saturated rings. The highest BCUT2D eigenvalue weighted by Crippen LogP contribution is 2.34. The van der Waals surface area contributed by atoms with Gasteiger partial charge >= 0.3 is 0 Å². The van der Waals surface area contributed by atoms with Crippen molar-refractivity contribution in [2.45, 2.75) is 19.4 Å². The number of aryl methyl sites for hydroxylation is 1. The van der Waals surface area contributed by atoms with Gasteiger partial charge in [0.2, 0.25) is 5.91 Å². The Morgan fingerprint density at radius 2 is 1.75 bits per heavy atom. The number of benzene rings is 3. The molecule has 3 aromatic carbocycles. The maximum Gasteiger partial charge on any atom is 0.253 e. The van der Waals surface area contributed by atoms with Gasteiger partial charge in [-0.05, 0) is 48.4 Å². The molecule has 0 aromatic heterocycles. The number of carbonyl (C=O) groups is 2. The summed E-state index contributed by atoms with van der Waals surface area (Å²) in [5.41, 5.74) is 3.49. The van der Waals surface area contributed by atoms with Gasteiger partial charge < -0.3 is 10.2 Å². The Morgan fingerprint density at radius 3 is 2.44 bits per heavy atom. The van der Waals surface area contributed by atoms with Gasteiger partial charge in [0.15, 0.2) is 0 Å². The molecule has 3 aromatic rings. The van der Waals surface area contributed by atoms with Crippen LogP contribution in [0.4, 0.5) is 4.39 Å². The largest absolute Gasteiger partial charge is 0.352 e. The topological polar surface area (TPSA) is 49.4 Å². The highest BCUT2D eigenvalue weighted by atomic mass is 35.5. The minimum atomic E-state index is -0.388.